The van der Waals surface area contributed by atoms with E-state index in [0.29, 0.717) is 17.9 Å². The molecular weight excluding hydrogens is 257 g/mol. The van der Waals surface area contributed by atoms with Gasteiger partial charge in [-0.25, -0.2) is 4.39 Å². The van der Waals surface area contributed by atoms with Crippen molar-refractivity contribution in [3.8, 4) is 11.5 Å². The number of rotatable bonds is 4. The minimum atomic E-state index is -0.317. The van der Waals surface area contributed by atoms with Crippen molar-refractivity contribution in [2.24, 2.45) is 5.73 Å². The van der Waals surface area contributed by atoms with Gasteiger partial charge in [0, 0.05) is 12.0 Å². The lowest BCUT2D eigenvalue weighted by Gasteiger charge is -2.37. The zero-order valence-electron chi connectivity index (χ0n) is 12.6. The van der Waals surface area contributed by atoms with Gasteiger partial charge in [-0.05, 0) is 37.0 Å². The average Bonchev–Trinajstić information content (AvgIpc) is 2.49. The van der Waals surface area contributed by atoms with Gasteiger partial charge in [-0.1, -0.05) is 19.3 Å². The van der Waals surface area contributed by atoms with Crippen molar-refractivity contribution in [2.45, 2.75) is 44.4 Å². The lowest BCUT2D eigenvalue weighted by atomic mass is 9.69. The maximum absolute atomic E-state index is 14.9. The lowest BCUT2D eigenvalue weighted by Crippen LogP contribution is -2.38. The van der Waals surface area contributed by atoms with Crippen molar-refractivity contribution in [3.05, 3.63) is 23.0 Å². The molecule has 0 aromatic heterocycles. The third kappa shape index (κ3) is 2.37. The third-order valence-corrected chi connectivity index (χ3v) is 4.54. The highest BCUT2D eigenvalue weighted by atomic mass is 19.1. The monoisotopic (exact) mass is 281 g/mol. The van der Waals surface area contributed by atoms with Gasteiger partial charge >= 0.3 is 0 Å². The molecule has 1 aliphatic carbocycles. The summed E-state index contributed by atoms with van der Waals surface area (Å²) in [4.78, 5) is 0. The second-order valence-electron chi connectivity index (χ2n) is 5.67. The van der Waals surface area contributed by atoms with Gasteiger partial charge in [-0.2, -0.15) is 0 Å². The Balaban J connectivity index is 2.58. The predicted molar refractivity (Wildman–Crippen MR) is 78.1 cm³/mol. The van der Waals surface area contributed by atoms with Crippen LogP contribution in [0.4, 0.5) is 4.39 Å². The van der Waals surface area contributed by atoms with E-state index >= 15 is 0 Å². The molecule has 0 amide bonds. The third-order valence-electron chi connectivity index (χ3n) is 4.54. The molecule has 0 spiro atoms. The summed E-state index contributed by atoms with van der Waals surface area (Å²) >= 11 is 0. The molecule has 1 aliphatic rings. The maximum atomic E-state index is 14.9. The molecule has 1 aromatic carbocycles. The Morgan fingerprint density at radius 3 is 2.25 bits per heavy atom. The number of ether oxygens (including phenoxy) is 2. The summed E-state index contributed by atoms with van der Waals surface area (Å²) in [5, 5.41) is 0. The van der Waals surface area contributed by atoms with Crippen LogP contribution in [0.15, 0.2) is 6.07 Å². The van der Waals surface area contributed by atoms with Gasteiger partial charge in [0.25, 0.3) is 0 Å². The lowest BCUT2D eigenvalue weighted by molar-refractivity contribution is 0.281. The normalized spacial score (nSPS) is 17.9. The first-order valence-electron chi connectivity index (χ1n) is 7.21. The number of aryl methyl sites for hydroxylation is 1. The molecule has 2 N–H and O–H groups in total. The van der Waals surface area contributed by atoms with Crippen LogP contribution in [-0.2, 0) is 5.41 Å². The highest BCUT2D eigenvalue weighted by Gasteiger charge is 2.37. The SMILES string of the molecule is COc1c(C)cc(C2(CN)CCCCC2)c(F)c1OC. The summed E-state index contributed by atoms with van der Waals surface area (Å²) in [6.45, 7) is 2.39. The van der Waals surface area contributed by atoms with Crippen molar-refractivity contribution >= 4 is 0 Å². The number of nitrogens with two attached hydrogens (primary N) is 1. The number of methoxy groups -OCH3 is 2. The van der Waals surface area contributed by atoms with Crippen LogP contribution < -0.4 is 15.2 Å². The van der Waals surface area contributed by atoms with E-state index < -0.39 is 0 Å². The Morgan fingerprint density at radius 2 is 1.75 bits per heavy atom. The van der Waals surface area contributed by atoms with E-state index in [-0.39, 0.29) is 17.0 Å². The summed E-state index contributed by atoms with van der Waals surface area (Å²) in [5.74, 6) is 0.347. The molecule has 0 saturated heterocycles. The van der Waals surface area contributed by atoms with Crippen LogP contribution in [0, 0.1) is 12.7 Å². The molecule has 0 aliphatic heterocycles. The molecule has 0 radical (unpaired) electrons. The molecule has 1 aromatic rings. The molecule has 0 heterocycles. The fourth-order valence-electron chi connectivity index (χ4n) is 3.38. The Labute approximate surface area is 120 Å². The summed E-state index contributed by atoms with van der Waals surface area (Å²) in [6.07, 6.45) is 5.29. The Bertz CT molecular complexity index is 482. The zero-order chi connectivity index (χ0) is 14.8. The molecule has 4 heteroatoms. The first-order chi connectivity index (χ1) is 9.59. The van der Waals surface area contributed by atoms with E-state index in [9.17, 15) is 4.39 Å². The van der Waals surface area contributed by atoms with Crippen LogP contribution in [-0.4, -0.2) is 20.8 Å². The zero-order valence-corrected chi connectivity index (χ0v) is 12.6. The fourth-order valence-corrected chi connectivity index (χ4v) is 3.38. The predicted octanol–water partition coefficient (Wildman–Crippen LogP) is 3.31. The largest absolute Gasteiger partial charge is 0.492 e. The van der Waals surface area contributed by atoms with Gasteiger partial charge in [-0.3, -0.25) is 0 Å². The van der Waals surface area contributed by atoms with Crippen LogP contribution in [0.5, 0.6) is 11.5 Å². The Morgan fingerprint density at radius 1 is 1.15 bits per heavy atom. The topological polar surface area (TPSA) is 44.5 Å². The van der Waals surface area contributed by atoms with E-state index in [2.05, 4.69) is 0 Å². The molecule has 112 valence electrons. The van der Waals surface area contributed by atoms with E-state index in [0.717, 1.165) is 31.2 Å². The van der Waals surface area contributed by atoms with Gasteiger partial charge in [-0.15, -0.1) is 0 Å². The highest BCUT2D eigenvalue weighted by Crippen LogP contribution is 2.45. The highest BCUT2D eigenvalue weighted by molar-refractivity contribution is 5.52. The van der Waals surface area contributed by atoms with Crippen molar-refractivity contribution in [1.82, 2.24) is 0 Å². The molecule has 0 unspecified atom stereocenters. The smallest absolute Gasteiger partial charge is 0.197 e. The van der Waals surface area contributed by atoms with E-state index in [1.54, 1.807) is 0 Å². The second-order valence-corrected chi connectivity index (χ2v) is 5.67. The maximum Gasteiger partial charge on any atom is 0.197 e. The number of halogens is 1. The van der Waals surface area contributed by atoms with Crippen molar-refractivity contribution in [1.29, 1.82) is 0 Å². The molecule has 2 rings (SSSR count). The number of hydrogen-bond acceptors (Lipinski definition) is 3. The Hall–Kier alpha value is -1.29. The van der Waals surface area contributed by atoms with Gasteiger partial charge < -0.3 is 15.2 Å². The summed E-state index contributed by atoms with van der Waals surface area (Å²) in [7, 11) is 3.00. The second kappa shape index (κ2) is 6.00. The fraction of sp³-hybridized carbons (Fsp3) is 0.625. The van der Waals surface area contributed by atoms with Crippen molar-refractivity contribution in [2.75, 3.05) is 20.8 Å². The first-order valence-corrected chi connectivity index (χ1v) is 7.21. The summed E-state index contributed by atoms with van der Waals surface area (Å²) in [6, 6.07) is 1.88. The number of hydrogen-bond donors (Lipinski definition) is 1. The molecule has 20 heavy (non-hydrogen) atoms. The quantitative estimate of drug-likeness (QED) is 0.921. The van der Waals surface area contributed by atoms with Gasteiger partial charge in [0.1, 0.15) is 0 Å². The summed E-state index contributed by atoms with van der Waals surface area (Å²) < 4.78 is 25.3. The van der Waals surface area contributed by atoms with E-state index in [1.165, 1.54) is 20.6 Å². The molecule has 3 nitrogen and oxygen atoms in total. The van der Waals surface area contributed by atoms with Crippen molar-refractivity contribution < 1.29 is 13.9 Å². The minimum Gasteiger partial charge on any atom is -0.492 e. The molecule has 1 fully saturated rings. The summed E-state index contributed by atoms with van der Waals surface area (Å²) in [5.41, 5.74) is 7.33. The molecule has 0 atom stereocenters. The van der Waals surface area contributed by atoms with E-state index in [4.69, 9.17) is 15.2 Å². The van der Waals surface area contributed by atoms with Crippen LogP contribution in [0.1, 0.15) is 43.2 Å². The van der Waals surface area contributed by atoms with Crippen LogP contribution in [0.2, 0.25) is 0 Å². The standard InChI is InChI=1S/C16H24FNO2/c1-11-9-12(13(17)15(20-3)14(11)19-2)16(10-18)7-5-4-6-8-16/h9H,4-8,10,18H2,1-3H3. The van der Waals surface area contributed by atoms with E-state index in [1.807, 2.05) is 13.0 Å². The van der Waals surface area contributed by atoms with Crippen LogP contribution in [0.3, 0.4) is 0 Å². The van der Waals surface area contributed by atoms with Crippen molar-refractivity contribution in [3.63, 3.8) is 0 Å². The molecular formula is C16H24FNO2. The average molecular weight is 281 g/mol. The van der Waals surface area contributed by atoms with Gasteiger partial charge in [0.15, 0.2) is 17.3 Å². The molecule has 1 saturated carbocycles. The van der Waals surface area contributed by atoms with Gasteiger partial charge in [0.2, 0.25) is 0 Å². The number of benzene rings is 1. The minimum absolute atomic E-state index is 0.195. The van der Waals surface area contributed by atoms with Gasteiger partial charge in [0.05, 0.1) is 14.2 Å². The first kappa shape index (κ1) is 15.1. The Kier molecular flexibility index (Phi) is 4.53. The molecule has 0 bridgehead atoms. The van der Waals surface area contributed by atoms with Crippen LogP contribution in [0.25, 0.3) is 0 Å². The van der Waals surface area contributed by atoms with Crippen LogP contribution >= 0.6 is 0 Å².